The van der Waals surface area contributed by atoms with E-state index in [1.165, 1.54) is 6.07 Å². The van der Waals surface area contributed by atoms with Crippen LogP contribution >= 0.6 is 15.9 Å². The zero-order valence-electron chi connectivity index (χ0n) is 12.5. The van der Waals surface area contributed by atoms with E-state index in [1.807, 2.05) is 26.0 Å². The number of hydrogen-bond acceptors (Lipinski definition) is 2. The van der Waals surface area contributed by atoms with Gasteiger partial charge in [0.2, 0.25) is 0 Å². The van der Waals surface area contributed by atoms with Crippen molar-refractivity contribution in [1.29, 1.82) is 0 Å². The lowest BCUT2D eigenvalue weighted by atomic mass is 10.1. The average molecular weight is 353 g/mol. The van der Waals surface area contributed by atoms with Crippen LogP contribution in [0.4, 0.5) is 4.39 Å². The maximum atomic E-state index is 13.7. The molecule has 0 spiro atoms. The molecular formula is C17H18BrFO2. The maximum Gasteiger partial charge on any atom is 0.133 e. The van der Waals surface area contributed by atoms with Gasteiger partial charge in [0.25, 0.3) is 0 Å². The van der Waals surface area contributed by atoms with E-state index in [9.17, 15) is 9.50 Å². The van der Waals surface area contributed by atoms with Crippen LogP contribution in [0.25, 0.3) is 0 Å². The molecule has 2 aromatic rings. The Morgan fingerprint density at radius 2 is 1.62 bits per heavy atom. The number of benzene rings is 2. The standard InChI is InChI=1S/C17H18BrFO2/c1-9-7-16(14(12(4)20)8-15(9)19)21-13-5-10(2)17(18)11(3)6-13/h5-8,12,20H,1-4H3/t12-/m0/s1. The molecule has 0 aliphatic carbocycles. The molecule has 0 unspecified atom stereocenters. The molecule has 0 aliphatic rings. The molecule has 0 saturated heterocycles. The molecule has 2 nitrogen and oxygen atoms in total. The summed E-state index contributed by atoms with van der Waals surface area (Å²) in [6.45, 7) is 7.23. The first-order valence-electron chi connectivity index (χ1n) is 6.72. The molecule has 0 bridgehead atoms. The Morgan fingerprint density at radius 1 is 1.05 bits per heavy atom. The minimum atomic E-state index is -0.798. The van der Waals surface area contributed by atoms with Gasteiger partial charge in [-0.05, 0) is 68.7 Å². The molecular weight excluding hydrogens is 335 g/mol. The van der Waals surface area contributed by atoms with E-state index in [1.54, 1.807) is 19.9 Å². The van der Waals surface area contributed by atoms with Crippen LogP contribution in [0.3, 0.4) is 0 Å². The predicted molar refractivity (Wildman–Crippen MR) is 85.5 cm³/mol. The quantitative estimate of drug-likeness (QED) is 0.805. The van der Waals surface area contributed by atoms with Crippen molar-refractivity contribution in [3.63, 3.8) is 0 Å². The Kier molecular flexibility index (Phi) is 4.69. The molecule has 1 atom stereocenters. The van der Waals surface area contributed by atoms with Gasteiger partial charge in [0.1, 0.15) is 17.3 Å². The van der Waals surface area contributed by atoms with Crippen molar-refractivity contribution in [3.05, 3.63) is 56.8 Å². The third-order valence-corrected chi connectivity index (χ3v) is 4.63. The highest BCUT2D eigenvalue weighted by molar-refractivity contribution is 9.10. The third-order valence-electron chi connectivity index (χ3n) is 3.38. The molecule has 0 saturated carbocycles. The van der Waals surface area contributed by atoms with Crippen LogP contribution in [0, 0.1) is 26.6 Å². The second kappa shape index (κ2) is 6.16. The number of aryl methyl sites for hydroxylation is 3. The zero-order valence-corrected chi connectivity index (χ0v) is 14.1. The first-order chi connectivity index (χ1) is 9.79. The number of ether oxygens (including phenoxy) is 1. The SMILES string of the molecule is Cc1cc(Oc2cc(C)c(Br)c(C)c2)c([C@H](C)O)cc1F. The van der Waals surface area contributed by atoms with Gasteiger partial charge in [0, 0.05) is 10.0 Å². The van der Waals surface area contributed by atoms with Crippen LogP contribution in [0.15, 0.2) is 28.7 Å². The highest BCUT2D eigenvalue weighted by Crippen LogP contribution is 2.34. The Hall–Kier alpha value is -1.39. The van der Waals surface area contributed by atoms with E-state index in [0.717, 1.165) is 15.6 Å². The van der Waals surface area contributed by atoms with Gasteiger partial charge in [0.15, 0.2) is 0 Å². The highest BCUT2D eigenvalue weighted by Gasteiger charge is 2.14. The molecule has 0 aromatic heterocycles. The van der Waals surface area contributed by atoms with E-state index in [2.05, 4.69) is 15.9 Å². The molecule has 0 heterocycles. The van der Waals surface area contributed by atoms with E-state index in [-0.39, 0.29) is 5.82 Å². The van der Waals surface area contributed by atoms with Crippen LogP contribution in [-0.4, -0.2) is 5.11 Å². The molecule has 1 N–H and O–H groups in total. The summed E-state index contributed by atoms with van der Waals surface area (Å²) in [5, 5.41) is 9.80. The molecule has 2 aromatic carbocycles. The first-order valence-corrected chi connectivity index (χ1v) is 7.51. The van der Waals surface area contributed by atoms with Gasteiger partial charge in [-0.25, -0.2) is 4.39 Å². The van der Waals surface area contributed by atoms with Gasteiger partial charge in [-0.1, -0.05) is 15.9 Å². The summed E-state index contributed by atoms with van der Waals surface area (Å²) in [5.74, 6) is 0.799. The van der Waals surface area contributed by atoms with Crippen molar-refractivity contribution in [3.8, 4) is 11.5 Å². The smallest absolute Gasteiger partial charge is 0.133 e. The first kappa shape index (κ1) is 16.0. The fraction of sp³-hybridized carbons (Fsp3) is 0.294. The molecule has 0 fully saturated rings. The topological polar surface area (TPSA) is 29.5 Å². The number of aliphatic hydroxyl groups excluding tert-OH is 1. The van der Waals surface area contributed by atoms with Crippen molar-refractivity contribution in [1.82, 2.24) is 0 Å². The van der Waals surface area contributed by atoms with Crippen LogP contribution in [0.2, 0.25) is 0 Å². The summed E-state index contributed by atoms with van der Waals surface area (Å²) in [4.78, 5) is 0. The van der Waals surface area contributed by atoms with Crippen LogP contribution in [-0.2, 0) is 0 Å². The summed E-state index contributed by atoms with van der Waals surface area (Å²) in [6.07, 6.45) is -0.798. The predicted octanol–water partition coefficient (Wildman–Crippen LogP) is 5.36. The second-order valence-corrected chi connectivity index (χ2v) is 6.08. The number of aliphatic hydroxyl groups is 1. The Morgan fingerprint density at radius 3 is 2.14 bits per heavy atom. The average Bonchev–Trinajstić information content (AvgIpc) is 2.39. The lowest BCUT2D eigenvalue weighted by molar-refractivity contribution is 0.195. The molecule has 0 amide bonds. The third kappa shape index (κ3) is 3.44. The van der Waals surface area contributed by atoms with Gasteiger partial charge in [-0.15, -0.1) is 0 Å². The van der Waals surface area contributed by atoms with Gasteiger partial charge < -0.3 is 9.84 Å². The number of hydrogen-bond donors (Lipinski definition) is 1. The van der Waals surface area contributed by atoms with Gasteiger partial charge in [-0.3, -0.25) is 0 Å². The van der Waals surface area contributed by atoms with Crippen LogP contribution in [0.1, 0.15) is 35.3 Å². The molecule has 2 rings (SSSR count). The normalized spacial score (nSPS) is 12.3. The van der Waals surface area contributed by atoms with Crippen LogP contribution in [0.5, 0.6) is 11.5 Å². The van der Waals surface area contributed by atoms with E-state index in [4.69, 9.17) is 4.74 Å². The van der Waals surface area contributed by atoms with E-state index in [0.29, 0.717) is 22.6 Å². The minimum Gasteiger partial charge on any atom is -0.457 e. The summed E-state index contributed by atoms with van der Waals surface area (Å²) in [7, 11) is 0. The maximum absolute atomic E-state index is 13.7. The fourth-order valence-electron chi connectivity index (χ4n) is 2.18. The number of halogens is 2. The Balaban J connectivity index is 2.46. The second-order valence-electron chi connectivity index (χ2n) is 5.29. The summed E-state index contributed by atoms with van der Waals surface area (Å²) in [5.41, 5.74) is 3.04. The summed E-state index contributed by atoms with van der Waals surface area (Å²) in [6, 6.07) is 6.75. The van der Waals surface area contributed by atoms with Crippen molar-refractivity contribution in [2.75, 3.05) is 0 Å². The van der Waals surface area contributed by atoms with Gasteiger partial charge in [0.05, 0.1) is 6.10 Å². The molecule has 21 heavy (non-hydrogen) atoms. The molecule has 4 heteroatoms. The zero-order chi connectivity index (χ0) is 15.7. The summed E-state index contributed by atoms with van der Waals surface area (Å²) < 4.78 is 20.6. The van der Waals surface area contributed by atoms with Crippen molar-refractivity contribution in [2.24, 2.45) is 0 Å². The van der Waals surface area contributed by atoms with Crippen molar-refractivity contribution < 1.29 is 14.2 Å². The van der Waals surface area contributed by atoms with Crippen molar-refractivity contribution >= 4 is 15.9 Å². The highest BCUT2D eigenvalue weighted by atomic mass is 79.9. The molecule has 0 radical (unpaired) electrons. The fourth-order valence-corrected chi connectivity index (χ4v) is 2.41. The minimum absolute atomic E-state index is 0.346. The van der Waals surface area contributed by atoms with E-state index >= 15 is 0 Å². The van der Waals surface area contributed by atoms with Crippen molar-refractivity contribution in [2.45, 2.75) is 33.8 Å². The lowest BCUT2D eigenvalue weighted by Gasteiger charge is -2.16. The largest absolute Gasteiger partial charge is 0.457 e. The van der Waals surface area contributed by atoms with Gasteiger partial charge in [-0.2, -0.15) is 0 Å². The lowest BCUT2D eigenvalue weighted by Crippen LogP contribution is -1.99. The Bertz CT molecular complexity index is 658. The summed E-state index contributed by atoms with van der Waals surface area (Å²) >= 11 is 3.51. The molecule has 112 valence electrons. The van der Waals surface area contributed by atoms with E-state index < -0.39 is 6.10 Å². The van der Waals surface area contributed by atoms with Gasteiger partial charge >= 0.3 is 0 Å². The monoisotopic (exact) mass is 352 g/mol. The molecule has 0 aliphatic heterocycles. The Labute approximate surface area is 132 Å². The van der Waals surface area contributed by atoms with Crippen LogP contribution < -0.4 is 4.74 Å². The number of rotatable bonds is 3.